The smallest absolute Gasteiger partial charge is 0.140 e. The van der Waals surface area contributed by atoms with Gasteiger partial charge in [-0.05, 0) is 31.0 Å². The molecule has 0 heterocycles. The summed E-state index contributed by atoms with van der Waals surface area (Å²) in [6.07, 6.45) is 2.30. The monoisotopic (exact) mass is 208 g/mol. The van der Waals surface area contributed by atoms with Crippen LogP contribution in [0.1, 0.15) is 30.7 Å². The first-order valence-electron chi connectivity index (χ1n) is 5.08. The number of hydrogen-bond acceptors (Lipinski definition) is 2. The highest BCUT2D eigenvalue weighted by molar-refractivity contribution is 5.88. The average Bonchev–Trinajstić information content (AvgIpc) is 2.64. The summed E-state index contributed by atoms with van der Waals surface area (Å²) in [5.41, 5.74) is 0.694. The Bertz CT molecular complexity index is 387. The highest BCUT2D eigenvalue weighted by atomic mass is 19.1. The molecule has 0 radical (unpaired) electrons. The first-order valence-corrected chi connectivity index (χ1v) is 5.08. The Morgan fingerprint density at radius 1 is 1.47 bits per heavy atom. The maximum absolute atomic E-state index is 13.1. The van der Waals surface area contributed by atoms with E-state index in [0.717, 1.165) is 12.8 Å². The van der Waals surface area contributed by atoms with Crippen molar-refractivity contribution in [1.29, 1.82) is 0 Å². The molecule has 1 unspecified atom stereocenters. The number of halogens is 1. The largest absolute Gasteiger partial charge is 0.496 e. The van der Waals surface area contributed by atoms with Crippen molar-refractivity contribution in [2.75, 3.05) is 7.11 Å². The zero-order chi connectivity index (χ0) is 10.8. The molecule has 1 aliphatic carbocycles. The second-order valence-electron chi connectivity index (χ2n) is 3.80. The van der Waals surface area contributed by atoms with Gasteiger partial charge in [0.15, 0.2) is 0 Å². The van der Waals surface area contributed by atoms with Crippen molar-refractivity contribution in [3.63, 3.8) is 0 Å². The highest BCUT2D eigenvalue weighted by Crippen LogP contribution is 2.36. The molecule has 80 valence electrons. The molecule has 1 saturated carbocycles. The van der Waals surface area contributed by atoms with Crippen molar-refractivity contribution >= 4 is 5.78 Å². The minimum atomic E-state index is -0.314. The number of rotatable bonds is 2. The number of Topliss-reactive ketones (excluding diaryl/α,β-unsaturated/α-hetero) is 1. The van der Waals surface area contributed by atoms with Gasteiger partial charge < -0.3 is 4.74 Å². The summed E-state index contributed by atoms with van der Waals surface area (Å²) in [6, 6.07) is 4.34. The average molecular weight is 208 g/mol. The van der Waals surface area contributed by atoms with E-state index in [1.165, 1.54) is 19.2 Å². The summed E-state index contributed by atoms with van der Waals surface area (Å²) >= 11 is 0. The first kappa shape index (κ1) is 10.1. The van der Waals surface area contributed by atoms with Gasteiger partial charge in [0, 0.05) is 17.9 Å². The number of hydrogen-bond donors (Lipinski definition) is 0. The standard InChI is InChI=1S/C12H13FO2/c1-15-12-6-5-8(13)7-10(12)9-3-2-4-11(9)14/h5-7,9H,2-4H2,1H3. The Morgan fingerprint density at radius 3 is 2.87 bits per heavy atom. The fourth-order valence-electron chi connectivity index (χ4n) is 2.12. The molecule has 0 N–H and O–H groups in total. The molecule has 2 rings (SSSR count). The normalized spacial score (nSPS) is 20.7. The topological polar surface area (TPSA) is 26.3 Å². The molecule has 1 aromatic rings. The van der Waals surface area contributed by atoms with E-state index in [1.807, 2.05) is 0 Å². The number of carbonyl (C=O) groups excluding carboxylic acids is 1. The summed E-state index contributed by atoms with van der Waals surface area (Å²) in [5, 5.41) is 0. The lowest BCUT2D eigenvalue weighted by Gasteiger charge is -2.13. The molecule has 2 nitrogen and oxygen atoms in total. The van der Waals surface area contributed by atoms with Crippen LogP contribution in [0.5, 0.6) is 5.75 Å². The molecular weight excluding hydrogens is 195 g/mol. The van der Waals surface area contributed by atoms with E-state index in [4.69, 9.17) is 4.74 Å². The number of ketones is 1. The van der Waals surface area contributed by atoms with Crippen molar-refractivity contribution in [3.05, 3.63) is 29.6 Å². The van der Waals surface area contributed by atoms with Crippen LogP contribution in [0.25, 0.3) is 0 Å². The third-order valence-electron chi connectivity index (χ3n) is 2.87. The lowest BCUT2D eigenvalue weighted by Crippen LogP contribution is -2.06. The molecule has 0 aliphatic heterocycles. The molecular formula is C12H13FO2. The number of methoxy groups -OCH3 is 1. The Labute approximate surface area is 88.1 Å². The Kier molecular flexibility index (Phi) is 2.71. The van der Waals surface area contributed by atoms with Crippen LogP contribution in [0.2, 0.25) is 0 Å². The molecule has 1 aromatic carbocycles. The fourth-order valence-corrected chi connectivity index (χ4v) is 2.12. The van der Waals surface area contributed by atoms with Crippen LogP contribution in [0.3, 0.4) is 0 Å². The zero-order valence-corrected chi connectivity index (χ0v) is 8.63. The molecule has 0 bridgehead atoms. The van der Waals surface area contributed by atoms with Crippen molar-refractivity contribution < 1.29 is 13.9 Å². The molecule has 1 atom stereocenters. The molecule has 1 aliphatic rings. The second-order valence-corrected chi connectivity index (χ2v) is 3.80. The lowest BCUT2D eigenvalue weighted by molar-refractivity contribution is -0.118. The maximum Gasteiger partial charge on any atom is 0.140 e. The summed E-state index contributed by atoms with van der Waals surface area (Å²) in [7, 11) is 1.54. The number of carbonyl (C=O) groups is 1. The van der Waals surface area contributed by atoms with Gasteiger partial charge in [0.25, 0.3) is 0 Å². The van der Waals surface area contributed by atoms with Crippen LogP contribution in [-0.4, -0.2) is 12.9 Å². The quantitative estimate of drug-likeness (QED) is 0.746. The van der Waals surface area contributed by atoms with Gasteiger partial charge >= 0.3 is 0 Å². The molecule has 15 heavy (non-hydrogen) atoms. The fraction of sp³-hybridized carbons (Fsp3) is 0.417. The van der Waals surface area contributed by atoms with Crippen molar-refractivity contribution in [2.45, 2.75) is 25.2 Å². The van der Waals surface area contributed by atoms with Gasteiger partial charge in [-0.3, -0.25) is 4.79 Å². The van der Waals surface area contributed by atoms with Gasteiger partial charge in [-0.15, -0.1) is 0 Å². The van der Waals surface area contributed by atoms with E-state index in [0.29, 0.717) is 17.7 Å². The molecule has 0 amide bonds. The summed E-state index contributed by atoms with van der Waals surface area (Å²) < 4.78 is 18.2. The predicted molar refractivity (Wildman–Crippen MR) is 54.6 cm³/mol. The van der Waals surface area contributed by atoms with Crippen LogP contribution >= 0.6 is 0 Å². The molecule has 0 aromatic heterocycles. The lowest BCUT2D eigenvalue weighted by atomic mass is 9.96. The van der Waals surface area contributed by atoms with E-state index >= 15 is 0 Å². The third kappa shape index (κ3) is 1.87. The third-order valence-corrected chi connectivity index (χ3v) is 2.87. The van der Waals surface area contributed by atoms with Gasteiger partial charge in [0.2, 0.25) is 0 Å². The Balaban J connectivity index is 2.40. The van der Waals surface area contributed by atoms with E-state index in [2.05, 4.69) is 0 Å². The van der Waals surface area contributed by atoms with E-state index in [9.17, 15) is 9.18 Å². The van der Waals surface area contributed by atoms with Crippen molar-refractivity contribution in [3.8, 4) is 5.75 Å². The first-order chi connectivity index (χ1) is 7.22. The molecule has 1 fully saturated rings. The van der Waals surface area contributed by atoms with Gasteiger partial charge in [-0.25, -0.2) is 4.39 Å². The van der Waals surface area contributed by atoms with E-state index < -0.39 is 0 Å². The van der Waals surface area contributed by atoms with Crippen LogP contribution in [0, 0.1) is 5.82 Å². The van der Waals surface area contributed by atoms with Gasteiger partial charge in [0.1, 0.15) is 17.3 Å². The Hall–Kier alpha value is -1.38. The number of ether oxygens (including phenoxy) is 1. The van der Waals surface area contributed by atoms with Gasteiger partial charge in [-0.1, -0.05) is 0 Å². The van der Waals surface area contributed by atoms with Crippen LogP contribution < -0.4 is 4.74 Å². The van der Waals surface area contributed by atoms with Gasteiger partial charge in [-0.2, -0.15) is 0 Å². The van der Waals surface area contributed by atoms with E-state index in [1.54, 1.807) is 6.07 Å². The summed E-state index contributed by atoms with van der Waals surface area (Å²) in [4.78, 5) is 11.6. The molecule has 3 heteroatoms. The number of benzene rings is 1. The molecule has 0 saturated heterocycles. The second kappa shape index (κ2) is 4.01. The predicted octanol–water partition coefficient (Wildman–Crippen LogP) is 2.67. The zero-order valence-electron chi connectivity index (χ0n) is 8.63. The van der Waals surface area contributed by atoms with E-state index in [-0.39, 0.29) is 17.5 Å². The van der Waals surface area contributed by atoms with Crippen LogP contribution in [-0.2, 0) is 4.79 Å². The van der Waals surface area contributed by atoms with Crippen LogP contribution in [0.15, 0.2) is 18.2 Å². The maximum atomic E-state index is 13.1. The summed E-state index contributed by atoms with van der Waals surface area (Å²) in [5.74, 6) is 0.316. The van der Waals surface area contributed by atoms with Crippen molar-refractivity contribution in [2.24, 2.45) is 0 Å². The summed E-state index contributed by atoms with van der Waals surface area (Å²) in [6.45, 7) is 0. The minimum absolute atomic E-state index is 0.171. The Morgan fingerprint density at radius 2 is 2.27 bits per heavy atom. The van der Waals surface area contributed by atoms with Crippen LogP contribution in [0.4, 0.5) is 4.39 Å². The highest BCUT2D eigenvalue weighted by Gasteiger charge is 2.28. The SMILES string of the molecule is COc1ccc(F)cc1C1CCCC1=O. The van der Waals surface area contributed by atoms with Gasteiger partial charge in [0.05, 0.1) is 7.11 Å². The van der Waals surface area contributed by atoms with Crippen molar-refractivity contribution in [1.82, 2.24) is 0 Å². The minimum Gasteiger partial charge on any atom is -0.496 e. The molecule has 0 spiro atoms.